The fraction of sp³-hybridized carbons (Fsp3) is 0.250. The Morgan fingerprint density at radius 2 is 1.79 bits per heavy atom. The molecular weight excluding hydrogens is 378 g/mol. The lowest BCUT2D eigenvalue weighted by Gasteiger charge is -2.16. The fourth-order valence-corrected chi connectivity index (χ4v) is 3.11. The molecule has 0 aliphatic carbocycles. The van der Waals surface area contributed by atoms with Crippen molar-refractivity contribution in [1.29, 1.82) is 0 Å². The number of nitrogens with one attached hydrogen (secondary N) is 1. The Balaban J connectivity index is 1.90. The first-order valence-corrected chi connectivity index (χ1v) is 10.6. The highest BCUT2D eigenvalue weighted by Crippen LogP contribution is 2.20. The van der Waals surface area contributed by atoms with E-state index in [-0.39, 0.29) is 11.8 Å². The van der Waals surface area contributed by atoms with Crippen LogP contribution in [0, 0.1) is 13.8 Å². The molecule has 0 radical (unpaired) electrons. The number of hydrogen-bond donors (Lipinski definition) is 1. The second kappa shape index (κ2) is 7.93. The van der Waals surface area contributed by atoms with E-state index in [1.54, 1.807) is 12.1 Å². The smallest absolute Gasteiger partial charge is 0.335 e. The highest BCUT2D eigenvalue weighted by atomic mass is 32.2. The topological polar surface area (TPSA) is 102 Å². The zero-order chi connectivity index (χ0) is 20.3. The van der Waals surface area contributed by atoms with Crippen LogP contribution in [0.2, 0.25) is 0 Å². The molecule has 0 bridgehead atoms. The average Bonchev–Trinajstić information content (AvgIpc) is 3.15. The van der Waals surface area contributed by atoms with Gasteiger partial charge in [0.05, 0.1) is 0 Å². The Kier molecular flexibility index (Phi) is 5.60. The first-order chi connectivity index (χ1) is 13.2. The van der Waals surface area contributed by atoms with Crippen molar-refractivity contribution in [3.05, 3.63) is 76.7 Å². The van der Waals surface area contributed by atoms with Gasteiger partial charge >= 0.3 is 5.22 Å². The van der Waals surface area contributed by atoms with E-state index in [0.717, 1.165) is 22.9 Å². The summed E-state index contributed by atoms with van der Waals surface area (Å²) in [7, 11) is -3.63. The van der Waals surface area contributed by atoms with Crippen LogP contribution in [0.1, 0.15) is 39.0 Å². The number of aromatic nitrogens is 2. The Bertz CT molecular complexity index is 1090. The molecule has 0 saturated heterocycles. The minimum absolute atomic E-state index is 0.0430. The molecule has 0 spiro atoms. The standard InChI is InChI=1S/C20H21N3O4S/c1-13-9-10-16(11-14(13)2)18(24)21-17(12-15-7-5-4-6-8-15)19-22-23-20(27-19)28(3,25)26/h4-11,17H,12H2,1-3H3,(H,21,24)/t17-/m0/s1. The number of aryl methyl sites for hydroxylation is 2. The third kappa shape index (κ3) is 4.64. The molecule has 1 heterocycles. The van der Waals surface area contributed by atoms with Crippen LogP contribution in [0.5, 0.6) is 0 Å². The van der Waals surface area contributed by atoms with Gasteiger partial charge in [0, 0.05) is 18.2 Å². The van der Waals surface area contributed by atoms with Gasteiger partial charge in [-0.2, -0.15) is 0 Å². The first kappa shape index (κ1) is 19.8. The molecule has 0 saturated carbocycles. The van der Waals surface area contributed by atoms with Gasteiger partial charge in [0.2, 0.25) is 15.7 Å². The van der Waals surface area contributed by atoms with Gasteiger partial charge in [0.15, 0.2) is 0 Å². The number of nitrogens with zero attached hydrogens (tertiary/aromatic N) is 2. The van der Waals surface area contributed by atoms with Gasteiger partial charge in [0.1, 0.15) is 6.04 Å². The number of carbonyl (C=O) groups excluding carboxylic acids is 1. The lowest BCUT2D eigenvalue weighted by Crippen LogP contribution is -2.30. The highest BCUT2D eigenvalue weighted by Gasteiger charge is 2.25. The van der Waals surface area contributed by atoms with E-state index in [0.29, 0.717) is 12.0 Å². The normalized spacial score (nSPS) is 12.5. The summed E-state index contributed by atoms with van der Waals surface area (Å²) in [6.45, 7) is 3.91. The Hall–Kier alpha value is -3.00. The summed E-state index contributed by atoms with van der Waals surface area (Å²) in [5, 5.41) is 9.86. The minimum atomic E-state index is -3.63. The van der Waals surface area contributed by atoms with E-state index in [1.807, 2.05) is 50.2 Å². The van der Waals surface area contributed by atoms with Crippen LogP contribution >= 0.6 is 0 Å². The lowest BCUT2D eigenvalue weighted by atomic mass is 10.0. The van der Waals surface area contributed by atoms with Gasteiger partial charge in [-0.3, -0.25) is 4.79 Å². The Morgan fingerprint density at radius 1 is 1.07 bits per heavy atom. The van der Waals surface area contributed by atoms with Crippen molar-refractivity contribution in [2.75, 3.05) is 6.26 Å². The van der Waals surface area contributed by atoms with Gasteiger partial charge < -0.3 is 9.73 Å². The molecule has 0 aliphatic heterocycles. The van der Waals surface area contributed by atoms with Crippen LogP contribution in [0.4, 0.5) is 0 Å². The molecule has 2 aromatic carbocycles. The van der Waals surface area contributed by atoms with Crippen molar-refractivity contribution < 1.29 is 17.6 Å². The number of sulfone groups is 1. The maximum atomic E-state index is 12.8. The van der Waals surface area contributed by atoms with Gasteiger partial charge in [-0.1, -0.05) is 41.5 Å². The molecule has 146 valence electrons. The molecule has 1 aromatic heterocycles. The SMILES string of the molecule is Cc1ccc(C(=O)N[C@@H](Cc2ccccc2)c2nnc(S(C)(=O)=O)o2)cc1C. The number of amides is 1. The highest BCUT2D eigenvalue weighted by molar-refractivity contribution is 7.90. The van der Waals surface area contributed by atoms with E-state index in [4.69, 9.17) is 4.42 Å². The Morgan fingerprint density at radius 3 is 2.39 bits per heavy atom. The van der Waals surface area contributed by atoms with Crippen molar-refractivity contribution in [2.24, 2.45) is 0 Å². The zero-order valence-electron chi connectivity index (χ0n) is 15.8. The molecule has 8 heteroatoms. The lowest BCUT2D eigenvalue weighted by molar-refractivity contribution is 0.0929. The molecule has 7 nitrogen and oxygen atoms in total. The molecule has 1 atom stereocenters. The first-order valence-electron chi connectivity index (χ1n) is 8.69. The summed E-state index contributed by atoms with van der Waals surface area (Å²) in [5.74, 6) is -0.260. The van der Waals surface area contributed by atoms with Crippen LogP contribution < -0.4 is 5.32 Å². The number of rotatable bonds is 6. The van der Waals surface area contributed by atoms with Gasteiger partial charge in [-0.05, 0) is 42.7 Å². The van der Waals surface area contributed by atoms with Crippen LogP contribution in [0.25, 0.3) is 0 Å². The van der Waals surface area contributed by atoms with Crippen molar-refractivity contribution in [3.8, 4) is 0 Å². The summed E-state index contributed by atoms with van der Waals surface area (Å²) in [6, 6.07) is 14.2. The van der Waals surface area contributed by atoms with Gasteiger partial charge in [0.25, 0.3) is 5.91 Å². The Labute approximate surface area is 163 Å². The second-order valence-electron chi connectivity index (χ2n) is 6.69. The predicted molar refractivity (Wildman–Crippen MR) is 104 cm³/mol. The summed E-state index contributed by atoms with van der Waals surface area (Å²) in [5.41, 5.74) is 3.53. The van der Waals surface area contributed by atoms with Crippen molar-refractivity contribution in [1.82, 2.24) is 15.5 Å². The van der Waals surface area contributed by atoms with Crippen LogP contribution in [-0.4, -0.2) is 30.8 Å². The molecule has 3 aromatic rings. The van der Waals surface area contributed by atoms with Crippen LogP contribution in [0.3, 0.4) is 0 Å². The number of benzene rings is 2. The molecular formula is C20H21N3O4S. The number of carbonyl (C=O) groups is 1. The van der Waals surface area contributed by atoms with E-state index in [9.17, 15) is 13.2 Å². The largest absolute Gasteiger partial charge is 0.410 e. The summed E-state index contributed by atoms with van der Waals surface area (Å²) >= 11 is 0. The fourth-order valence-electron chi connectivity index (χ4n) is 2.69. The quantitative estimate of drug-likeness (QED) is 0.684. The monoisotopic (exact) mass is 399 g/mol. The molecule has 28 heavy (non-hydrogen) atoms. The average molecular weight is 399 g/mol. The molecule has 0 fully saturated rings. The third-order valence-corrected chi connectivity index (χ3v) is 5.19. The maximum Gasteiger partial charge on any atom is 0.335 e. The van der Waals surface area contributed by atoms with Gasteiger partial charge in [-0.25, -0.2) is 8.42 Å². The predicted octanol–water partition coefficient (Wildman–Crippen LogP) is 2.80. The summed E-state index contributed by atoms with van der Waals surface area (Å²) in [6.07, 6.45) is 1.37. The second-order valence-corrected chi connectivity index (χ2v) is 8.59. The molecule has 0 aliphatic rings. The maximum absolute atomic E-state index is 12.8. The van der Waals surface area contributed by atoms with E-state index in [1.165, 1.54) is 0 Å². The van der Waals surface area contributed by atoms with E-state index < -0.39 is 21.1 Å². The van der Waals surface area contributed by atoms with Crippen molar-refractivity contribution in [3.63, 3.8) is 0 Å². The molecule has 1 N–H and O–H groups in total. The molecule has 3 rings (SSSR count). The zero-order valence-corrected chi connectivity index (χ0v) is 16.7. The third-order valence-electron chi connectivity index (χ3n) is 4.39. The van der Waals surface area contributed by atoms with Crippen molar-refractivity contribution >= 4 is 15.7 Å². The summed E-state index contributed by atoms with van der Waals surface area (Å²) < 4.78 is 28.7. The van der Waals surface area contributed by atoms with E-state index >= 15 is 0 Å². The van der Waals surface area contributed by atoms with Crippen LogP contribution in [0.15, 0.2) is 58.2 Å². The van der Waals surface area contributed by atoms with Crippen molar-refractivity contribution in [2.45, 2.75) is 31.5 Å². The molecule has 1 amide bonds. The minimum Gasteiger partial charge on any atom is -0.410 e. The summed E-state index contributed by atoms with van der Waals surface area (Å²) in [4.78, 5) is 12.8. The molecule has 0 unspecified atom stereocenters. The van der Waals surface area contributed by atoms with Gasteiger partial charge in [-0.15, -0.1) is 5.10 Å². The number of hydrogen-bond acceptors (Lipinski definition) is 6. The van der Waals surface area contributed by atoms with Crippen LogP contribution in [-0.2, 0) is 16.3 Å². The van der Waals surface area contributed by atoms with E-state index in [2.05, 4.69) is 15.5 Å².